The zero-order valence-electron chi connectivity index (χ0n) is 28.6. The van der Waals surface area contributed by atoms with Crippen molar-refractivity contribution in [2.45, 2.75) is 96.1 Å². The van der Waals surface area contributed by atoms with Crippen molar-refractivity contribution >= 4 is 22.1 Å². The summed E-state index contributed by atoms with van der Waals surface area (Å²) < 4.78 is 63.3. The van der Waals surface area contributed by atoms with Crippen LogP contribution >= 0.6 is 0 Å². The molecule has 0 aromatic heterocycles. The fourth-order valence-corrected chi connectivity index (χ4v) is 7.29. The predicted molar refractivity (Wildman–Crippen MR) is 174 cm³/mol. The third kappa shape index (κ3) is 9.29. The summed E-state index contributed by atoms with van der Waals surface area (Å²) in [6, 6.07) is 11.5. The number of rotatable bonds is 13. The molecule has 0 radical (unpaired) electrons. The molecule has 0 aliphatic carbocycles. The van der Waals surface area contributed by atoms with E-state index >= 15 is 0 Å². The van der Waals surface area contributed by atoms with Crippen molar-refractivity contribution in [3.05, 3.63) is 48.0 Å². The van der Waals surface area contributed by atoms with E-state index in [4.69, 9.17) is 23.7 Å². The maximum atomic E-state index is 14.1. The maximum Gasteiger partial charge on any atom is 0.412 e. The van der Waals surface area contributed by atoms with Crippen molar-refractivity contribution in [1.29, 1.82) is 0 Å². The van der Waals surface area contributed by atoms with Crippen LogP contribution in [0, 0.1) is 5.92 Å². The predicted octanol–water partition coefficient (Wildman–Crippen LogP) is 5.38. The van der Waals surface area contributed by atoms with Crippen LogP contribution in [0.3, 0.4) is 0 Å². The molecule has 260 valence electrons. The Labute approximate surface area is 278 Å². The number of hydrogen-bond donors (Lipinski definition) is 0. The summed E-state index contributed by atoms with van der Waals surface area (Å²) in [6.45, 7) is 13.5. The van der Waals surface area contributed by atoms with Gasteiger partial charge in [0.2, 0.25) is 16.8 Å². The van der Waals surface area contributed by atoms with Crippen LogP contribution in [0.1, 0.15) is 66.9 Å². The molecule has 0 N–H and O–H groups in total. The van der Waals surface area contributed by atoms with Gasteiger partial charge in [0, 0.05) is 25.6 Å². The zero-order chi connectivity index (χ0) is 34.6. The maximum absolute atomic E-state index is 14.1. The number of esters is 1. The van der Waals surface area contributed by atoms with Crippen molar-refractivity contribution in [3.63, 3.8) is 0 Å². The third-order valence-electron chi connectivity index (χ3n) is 7.69. The summed E-state index contributed by atoms with van der Waals surface area (Å²) in [7, 11) is -2.64. The Kier molecular flexibility index (Phi) is 11.3. The van der Waals surface area contributed by atoms with Gasteiger partial charge in [0.05, 0.1) is 30.8 Å². The van der Waals surface area contributed by atoms with E-state index in [1.165, 1.54) is 23.5 Å². The normalized spacial score (nSPS) is 18.9. The third-order valence-corrected chi connectivity index (χ3v) is 9.52. The van der Waals surface area contributed by atoms with Crippen molar-refractivity contribution in [1.82, 2.24) is 9.21 Å². The molecule has 47 heavy (non-hydrogen) atoms. The molecule has 12 nitrogen and oxygen atoms in total. The van der Waals surface area contributed by atoms with Crippen molar-refractivity contribution in [2.75, 3.05) is 33.6 Å². The Bertz CT molecular complexity index is 1500. The average molecular weight is 677 g/mol. The van der Waals surface area contributed by atoms with Gasteiger partial charge in [0.15, 0.2) is 11.5 Å². The fourth-order valence-electron chi connectivity index (χ4n) is 5.66. The minimum Gasteiger partial charge on any atom is -0.494 e. The lowest BCUT2D eigenvalue weighted by molar-refractivity contribution is -0.140. The number of carbonyl (C=O) groups is 2. The van der Waals surface area contributed by atoms with Crippen molar-refractivity contribution in [2.24, 2.45) is 5.92 Å². The number of ether oxygens (including phenoxy) is 6. The van der Waals surface area contributed by atoms with E-state index < -0.39 is 39.6 Å². The number of sulfonamides is 1. The highest BCUT2D eigenvalue weighted by atomic mass is 32.2. The van der Waals surface area contributed by atoms with Gasteiger partial charge < -0.3 is 28.4 Å². The first-order chi connectivity index (χ1) is 22.0. The summed E-state index contributed by atoms with van der Waals surface area (Å²) in [5, 5.41) is 0. The second-order valence-electron chi connectivity index (χ2n) is 13.6. The van der Waals surface area contributed by atoms with Crippen LogP contribution < -0.4 is 14.2 Å². The van der Waals surface area contributed by atoms with Gasteiger partial charge in [-0.3, -0.25) is 9.69 Å². The highest BCUT2D eigenvalue weighted by Gasteiger charge is 2.52. The molecule has 2 aliphatic rings. The molecule has 0 saturated carbocycles. The quantitative estimate of drug-likeness (QED) is 0.201. The summed E-state index contributed by atoms with van der Waals surface area (Å²) in [4.78, 5) is 26.7. The Balaban J connectivity index is 1.61. The average Bonchev–Trinajstić information content (AvgIpc) is 3.55. The minimum atomic E-state index is -3.99. The zero-order valence-corrected chi connectivity index (χ0v) is 29.4. The van der Waals surface area contributed by atoms with Gasteiger partial charge in [-0.1, -0.05) is 26.0 Å². The van der Waals surface area contributed by atoms with Gasteiger partial charge in [-0.15, -0.1) is 0 Å². The van der Waals surface area contributed by atoms with Crippen LogP contribution in [0.4, 0.5) is 4.79 Å². The SMILES string of the molecule is COC(=O)CCCOc1ccc(CC2C(CN(CC(C)C)S(=O)(=O)c3ccc4c(c3)OCO4)OC(C)(C)N2C(=O)OC(C)(C)C)cc1. The molecule has 2 aromatic rings. The van der Waals surface area contributed by atoms with Gasteiger partial charge in [-0.25, -0.2) is 13.2 Å². The lowest BCUT2D eigenvalue weighted by Gasteiger charge is -2.35. The van der Waals surface area contributed by atoms with E-state index in [2.05, 4.69) is 4.74 Å². The molecule has 2 unspecified atom stereocenters. The number of fused-ring (bicyclic) bond motifs is 1. The number of benzene rings is 2. The summed E-state index contributed by atoms with van der Waals surface area (Å²) in [6.07, 6.45) is -0.0666. The molecule has 0 spiro atoms. The number of hydrogen-bond acceptors (Lipinski definition) is 10. The lowest BCUT2D eigenvalue weighted by atomic mass is 9.99. The van der Waals surface area contributed by atoms with Crippen LogP contribution in [0.15, 0.2) is 47.4 Å². The molecule has 1 amide bonds. The topological polar surface area (TPSA) is 130 Å². The lowest BCUT2D eigenvalue weighted by Crippen LogP contribution is -2.52. The van der Waals surface area contributed by atoms with E-state index in [1.54, 1.807) is 45.6 Å². The Morgan fingerprint density at radius 1 is 1.06 bits per heavy atom. The first-order valence-corrected chi connectivity index (χ1v) is 17.3. The number of carbonyl (C=O) groups excluding carboxylic acids is 2. The van der Waals surface area contributed by atoms with Crippen LogP contribution in [0.25, 0.3) is 0 Å². The van der Waals surface area contributed by atoms with Crippen LogP contribution in [-0.2, 0) is 35.4 Å². The van der Waals surface area contributed by atoms with Crippen LogP contribution in [0.2, 0.25) is 0 Å². The standard InChI is InChI=1S/C34H48N2O10S/c1-23(2)20-35(47(39,40)26-15-16-28-29(19-26)44-22-43-28)21-30-27(36(34(6,7)45-30)32(38)46-33(3,4)5)18-24-11-13-25(14-12-24)42-17-9-10-31(37)41-8/h11-16,19,23,27,30H,9-10,17-18,20-22H2,1-8H3. The van der Waals surface area contributed by atoms with Crippen molar-refractivity contribution in [3.8, 4) is 17.2 Å². The molecule has 2 aliphatic heterocycles. The largest absolute Gasteiger partial charge is 0.494 e. The van der Waals surface area contributed by atoms with E-state index in [-0.39, 0.29) is 43.1 Å². The minimum absolute atomic E-state index is 0.00371. The number of nitrogens with zero attached hydrogens (tertiary/aromatic N) is 2. The fraction of sp³-hybridized carbons (Fsp3) is 0.588. The smallest absolute Gasteiger partial charge is 0.412 e. The molecule has 2 aromatic carbocycles. The molecule has 1 fully saturated rings. The van der Waals surface area contributed by atoms with E-state index in [1.807, 2.05) is 38.1 Å². The number of amides is 1. The second-order valence-corrected chi connectivity index (χ2v) is 15.6. The van der Waals surface area contributed by atoms with Gasteiger partial charge in [0.1, 0.15) is 17.1 Å². The molecule has 13 heteroatoms. The molecule has 2 atom stereocenters. The molecular weight excluding hydrogens is 628 g/mol. The van der Waals surface area contributed by atoms with Gasteiger partial charge in [-0.2, -0.15) is 4.31 Å². The monoisotopic (exact) mass is 676 g/mol. The molecule has 0 bridgehead atoms. The first-order valence-electron chi connectivity index (χ1n) is 15.9. The summed E-state index contributed by atoms with van der Waals surface area (Å²) in [5.74, 6) is 1.23. The van der Waals surface area contributed by atoms with Gasteiger partial charge in [-0.05, 0) is 83.2 Å². The highest BCUT2D eigenvalue weighted by Crippen LogP contribution is 2.38. The first kappa shape index (κ1) is 36.3. The van der Waals surface area contributed by atoms with Gasteiger partial charge >= 0.3 is 12.1 Å². The van der Waals surface area contributed by atoms with Crippen LogP contribution in [0.5, 0.6) is 17.2 Å². The van der Waals surface area contributed by atoms with E-state index in [0.29, 0.717) is 36.7 Å². The Morgan fingerprint density at radius 3 is 2.38 bits per heavy atom. The Hall–Kier alpha value is -3.55. The van der Waals surface area contributed by atoms with Crippen molar-refractivity contribution < 1.29 is 46.4 Å². The van der Waals surface area contributed by atoms with E-state index in [0.717, 1.165) is 5.56 Å². The Morgan fingerprint density at radius 2 is 1.74 bits per heavy atom. The summed E-state index contributed by atoms with van der Waals surface area (Å²) in [5.41, 5.74) is -0.952. The van der Waals surface area contributed by atoms with Gasteiger partial charge in [0.25, 0.3) is 0 Å². The molecular formula is C34H48N2O10S. The summed E-state index contributed by atoms with van der Waals surface area (Å²) >= 11 is 0. The molecule has 2 heterocycles. The second kappa shape index (κ2) is 14.7. The molecule has 1 saturated heterocycles. The highest BCUT2D eigenvalue weighted by molar-refractivity contribution is 7.89. The molecule has 4 rings (SSSR count). The number of methoxy groups -OCH3 is 1. The van der Waals surface area contributed by atoms with Crippen LogP contribution in [-0.4, -0.2) is 86.8 Å². The van der Waals surface area contributed by atoms with E-state index in [9.17, 15) is 18.0 Å².